The van der Waals surface area contributed by atoms with E-state index >= 15 is 0 Å². The molecule has 1 unspecified atom stereocenters. The molecule has 0 aliphatic carbocycles. The molecular weight excluding hydrogens is 350 g/mol. The predicted octanol–water partition coefficient (Wildman–Crippen LogP) is 3.75. The van der Waals surface area contributed by atoms with Crippen molar-refractivity contribution in [3.05, 3.63) is 78.0 Å². The minimum atomic E-state index is -0.252. The lowest BCUT2D eigenvalue weighted by Crippen LogP contribution is -2.28. The van der Waals surface area contributed by atoms with Crippen LogP contribution in [0.3, 0.4) is 0 Å². The van der Waals surface area contributed by atoms with Gasteiger partial charge in [-0.05, 0) is 42.7 Å². The van der Waals surface area contributed by atoms with Gasteiger partial charge in [-0.3, -0.25) is 9.78 Å². The van der Waals surface area contributed by atoms with E-state index in [2.05, 4.69) is 50.4 Å². The Morgan fingerprint density at radius 1 is 1.14 bits per heavy atom. The van der Waals surface area contributed by atoms with Gasteiger partial charge in [0.25, 0.3) is 0 Å². The van der Waals surface area contributed by atoms with Crippen molar-refractivity contribution >= 4 is 17.1 Å². The van der Waals surface area contributed by atoms with Gasteiger partial charge in [0.15, 0.2) is 5.65 Å². The summed E-state index contributed by atoms with van der Waals surface area (Å²) in [5.41, 5.74) is 5.83. The fourth-order valence-corrected chi connectivity index (χ4v) is 3.32. The highest BCUT2D eigenvalue weighted by Gasteiger charge is 2.18. The zero-order chi connectivity index (χ0) is 19.5. The maximum Gasteiger partial charge on any atom is 0.217 e. The summed E-state index contributed by atoms with van der Waals surface area (Å²) in [6.45, 7) is 3.58. The standard InChI is InChI=1S/C22H21N5O/c1-14-4-3-5-16(10-14)11-19(25-15(2)28)22-26-20-12-18(13-24-21(20)27-22)17-6-8-23-9-7-17/h3-10,12-13,19H,11H2,1-2H3,(H,25,28)(H,24,26,27). The second-order valence-corrected chi connectivity index (χ2v) is 6.90. The van der Waals surface area contributed by atoms with Gasteiger partial charge in [-0.2, -0.15) is 0 Å². The van der Waals surface area contributed by atoms with Crippen LogP contribution in [0.5, 0.6) is 0 Å². The summed E-state index contributed by atoms with van der Waals surface area (Å²) in [7, 11) is 0. The van der Waals surface area contributed by atoms with Crippen LogP contribution in [0.4, 0.5) is 0 Å². The largest absolute Gasteiger partial charge is 0.346 e. The topological polar surface area (TPSA) is 83.6 Å². The molecule has 28 heavy (non-hydrogen) atoms. The summed E-state index contributed by atoms with van der Waals surface area (Å²) in [6.07, 6.45) is 5.97. The molecule has 0 radical (unpaired) electrons. The Morgan fingerprint density at radius 3 is 2.71 bits per heavy atom. The van der Waals surface area contributed by atoms with Crippen molar-refractivity contribution in [3.8, 4) is 11.1 Å². The van der Waals surface area contributed by atoms with Gasteiger partial charge in [-0.15, -0.1) is 0 Å². The molecule has 1 atom stereocenters. The van der Waals surface area contributed by atoms with Crippen molar-refractivity contribution in [2.45, 2.75) is 26.3 Å². The Hall–Kier alpha value is -3.54. The highest BCUT2D eigenvalue weighted by Crippen LogP contribution is 2.24. The molecule has 0 bridgehead atoms. The zero-order valence-corrected chi connectivity index (χ0v) is 15.8. The molecule has 6 heteroatoms. The number of amides is 1. The number of aromatic nitrogens is 4. The van der Waals surface area contributed by atoms with Crippen LogP contribution in [0, 0.1) is 6.92 Å². The van der Waals surface area contributed by atoms with Crippen LogP contribution in [0.1, 0.15) is 29.9 Å². The van der Waals surface area contributed by atoms with Gasteiger partial charge in [0.2, 0.25) is 5.91 Å². The number of fused-ring (bicyclic) bond motifs is 1. The molecule has 6 nitrogen and oxygen atoms in total. The van der Waals surface area contributed by atoms with Gasteiger partial charge >= 0.3 is 0 Å². The smallest absolute Gasteiger partial charge is 0.217 e. The van der Waals surface area contributed by atoms with Crippen molar-refractivity contribution in [1.29, 1.82) is 0 Å². The third-order valence-corrected chi connectivity index (χ3v) is 4.60. The number of hydrogen-bond donors (Lipinski definition) is 2. The van der Waals surface area contributed by atoms with E-state index in [-0.39, 0.29) is 11.9 Å². The highest BCUT2D eigenvalue weighted by atomic mass is 16.1. The Labute approximate surface area is 163 Å². The van der Waals surface area contributed by atoms with E-state index in [1.165, 1.54) is 12.5 Å². The van der Waals surface area contributed by atoms with Crippen LogP contribution in [0.25, 0.3) is 22.3 Å². The first kappa shape index (κ1) is 17.9. The Balaban J connectivity index is 1.68. The second-order valence-electron chi connectivity index (χ2n) is 6.90. The normalized spacial score (nSPS) is 12.1. The number of nitrogens with one attached hydrogen (secondary N) is 2. The van der Waals surface area contributed by atoms with Crippen LogP contribution in [0.2, 0.25) is 0 Å². The van der Waals surface area contributed by atoms with E-state index in [9.17, 15) is 4.79 Å². The molecule has 0 spiro atoms. The molecule has 0 aliphatic rings. The number of carbonyl (C=O) groups excluding carboxylic acids is 1. The van der Waals surface area contributed by atoms with Gasteiger partial charge in [-0.25, -0.2) is 9.97 Å². The van der Waals surface area contributed by atoms with Crippen molar-refractivity contribution < 1.29 is 4.79 Å². The number of hydrogen-bond acceptors (Lipinski definition) is 4. The van der Waals surface area contributed by atoms with Crippen molar-refractivity contribution in [2.75, 3.05) is 0 Å². The molecule has 1 aromatic carbocycles. The first-order chi connectivity index (χ1) is 13.6. The zero-order valence-electron chi connectivity index (χ0n) is 15.8. The van der Waals surface area contributed by atoms with Gasteiger partial charge < -0.3 is 10.3 Å². The molecule has 4 aromatic rings. The molecule has 0 fully saturated rings. The van der Waals surface area contributed by atoms with Gasteiger partial charge in [0, 0.05) is 31.1 Å². The lowest BCUT2D eigenvalue weighted by Gasteiger charge is -2.16. The van der Waals surface area contributed by atoms with Crippen LogP contribution >= 0.6 is 0 Å². The predicted molar refractivity (Wildman–Crippen MR) is 109 cm³/mol. The minimum Gasteiger partial charge on any atom is -0.346 e. The molecule has 0 saturated heterocycles. The fourth-order valence-electron chi connectivity index (χ4n) is 3.32. The summed E-state index contributed by atoms with van der Waals surface area (Å²) < 4.78 is 0. The highest BCUT2D eigenvalue weighted by molar-refractivity contribution is 5.78. The summed E-state index contributed by atoms with van der Waals surface area (Å²) in [6, 6.07) is 13.9. The number of nitrogens with zero attached hydrogens (tertiary/aromatic N) is 3. The van der Waals surface area contributed by atoms with E-state index in [1.807, 2.05) is 24.3 Å². The Morgan fingerprint density at radius 2 is 1.96 bits per heavy atom. The molecule has 3 aromatic heterocycles. The van der Waals surface area contributed by atoms with Crippen molar-refractivity contribution in [1.82, 2.24) is 25.3 Å². The fraction of sp³-hybridized carbons (Fsp3) is 0.182. The Bertz CT molecular complexity index is 1120. The molecule has 140 valence electrons. The molecule has 3 heterocycles. The molecular formula is C22H21N5O. The van der Waals surface area contributed by atoms with Gasteiger partial charge in [0.1, 0.15) is 5.82 Å². The summed E-state index contributed by atoms with van der Waals surface area (Å²) >= 11 is 0. The lowest BCUT2D eigenvalue weighted by atomic mass is 10.0. The van der Waals surface area contributed by atoms with Gasteiger partial charge in [0.05, 0.1) is 11.6 Å². The summed E-state index contributed by atoms with van der Waals surface area (Å²) in [5, 5.41) is 3.00. The molecule has 1 amide bonds. The van der Waals surface area contributed by atoms with E-state index in [0.717, 1.165) is 22.2 Å². The number of aromatic amines is 1. The summed E-state index contributed by atoms with van der Waals surface area (Å²) in [4.78, 5) is 28.3. The number of pyridine rings is 2. The molecule has 0 aliphatic heterocycles. The maximum absolute atomic E-state index is 11.8. The summed E-state index contributed by atoms with van der Waals surface area (Å²) in [5.74, 6) is 0.606. The molecule has 0 saturated carbocycles. The number of imidazole rings is 1. The van der Waals surface area contributed by atoms with Gasteiger partial charge in [-0.1, -0.05) is 29.8 Å². The first-order valence-electron chi connectivity index (χ1n) is 9.17. The lowest BCUT2D eigenvalue weighted by molar-refractivity contribution is -0.119. The average Bonchev–Trinajstić information content (AvgIpc) is 3.11. The first-order valence-corrected chi connectivity index (χ1v) is 9.17. The van der Waals surface area contributed by atoms with E-state index in [4.69, 9.17) is 0 Å². The van der Waals surface area contributed by atoms with Crippen LogP contribution < -0.4 is 5.32 Å². The number of benzene rings is 1. The molecule has 2 N–H and O–H groups in total. The number of H-pyrrole nitrogens is 1. The average molecular weight is 371 g/mol. The van der Waals surface area contributed by atoms with Crippen LogP contribution in [-0.2, 0) is 11.2 Å². The number of aryl methyl sites for hydroxylation is 1. The maximum atomic E-state index is 11.8. The van der Waals surface area contributed by atoms with Crippen LogP contribution in [0.15, 0.2) is 61.1 Å². The number of carbonyl (C=O) groups is 1. The molecule has 4 rings (SSSR count). The van der Waals surface area contributed by atoms with Crippen LogP contribution in [-0.4, -0.2) is 25.8 Å². The van der Waals surface area contributed by atoms with E-state index < -0.39 is 0 Å². The second kappa shape index (κ2) is 7.60. The third-order valence-electron chi connectivity index (χ3n) is 4.60. The minimum absolute atomic E-state index is 0.0939. The monoisotopic (exact) mass is 371 g/mol. The van der Waals surface area contributed by atoms with E-state index in [1.54, 1.807) is 18.6 Å². The quantitative estimate of drug-likeness (QED) is 0.560. The number of rotatable bonds is 5. The van der Waals surface area contributed by atoms with Crippen molar-refractivity contribution in [3.63, 3.8) is 0 Å². The third kappa shape index (κ3) is 3.91. The van der Waals surface area contributed by atoms with Crippen molar-refractivity contribution in [2.24, 2.45) is 0 Å². The van der Waals surface area contributed by atoms with E-state index in [0.29, 0.717) is 17.9 Å². The Kier molecular flexibility index (Phi) is 4.85. The SMILES string of the molecule is CC(=O)NC(Cc1cccc(C)c1)c1nc2ncc(-c3ccncc3)cc2[nH]1.